The van der Waals surface area contributed by atoms with E-state index in [-0.39, 0.29) is 17.5 Å². The molecule has 0 unspecified atom stereocenters. The van der Waals surface area contributed by atoms with E-state index in [1.807, 2.05) is 19.1 Å². The van der Waals surface area contributed by atoms with Crippen LogP contribution in [0.1, 0.15) is 73.6 Å². The van der Waals surface area contributed by atoms with Gasteiger partial charge in [-0.1, -0.05) is 60.2 Å². The fraction of sp³-hybridized carbons (Fsp3) is 0.351. The van der Waals surface area contributed by atoms with Crippen molar-refractivity contribution in [1.82, 2.24) is 4.90 Å². The molecule has 0 saturated heterocycles. The molecule has 1 aliphatic heterocycles. The molecule has 0 N–H and O–H groups in total. The Morgan fingerprint density at radius 2 is 1.47 bits per heavy atom. The van der Waals surface area contributed by atoms with E-state index in [0.29, 0.717) is 37.6 Å². The van der Waals surface area contributed by atoms with E-state index >= 15 is 0 Å². The van der Waals surface area contributed by atoms with Crippen LogP contribution < -0.4 is 9.47 Å². The largest absolute Gasteiger partial charge is 0.490 e. The quantitative estimate of drug-likeness (QED) is 0.212. The number of Topliss-reactive ketones (excluding diaryl/α,β-unsaturated/α-hetero) is 2. The predicted molar refractivity (Wildman–Crippen MR) is 177 cm³/mol. The minimum absolute atomic E-state index is 0.161. The number of halogens is 1. The van der Waals surface area contributed by atoms with Gasteiger partial charge in [-0.15, -0.1) is 0 Å². The molecule has 0 atom stereocenters. The average Bonchev–Trinajstić information content (AvgIpc) is 3.01. The van der Waals surface area contributed by atoms with Crippen LogP contribution in [-0.2, 0) is 22.6 Å². The Morgan fingerprint density at radius 1 is 0.814 bits per heavy atom. The highest BCUT2D eigenvalue weighted by Crippen LogP contribution is 2.50. The molecule has 0 aromatic heterocycles. The Bertz CT molecular complexity index is 1540. The van der Waals surface area contributed by atoms with E-state index in [2.05, 4.69) is 89.0 Å². The zero-order valence-electron chi connectivity index (χ0n) is 25.0. The number of rotatable bonds is 9. The van der Waals surface area contributed by atoms with Crippen molar-refractivity contribution in [2.45, 2.75) is 71.3 Å². The maximum absolute atomic E-state index is 13.8. The number of ether oxygens (including phenoxy) is 2. The van der Waals surface area contributed by atoms with Gasteiger partial charge in [0.2, 0.25) is 0 Å². The molecule has 3 aromatic rings. The van der Waals surface area contributed by atoms with Gasteiger partial charge in [-0.25, -0.2) is 0 Å². The zero-order valence-corrected chi connectivity index (χ0v) is 27.1. The molecule has 2 aliphatic carbocycles. The highest BCUT2D eigenvalue weighted by atomic mass is 127. The summed E-state index contributed by atoms with van der Waals surface area (Å²) in [6.45, 7) is 5.71. The van der Waals surface area contributed by atoms with E-state index in [0.717, 1.165) is 75.9 Å². The maximum atomic E-state index is 13.8. The summed E-state index contributed by atoms with van der Waals surface area (Å²) in [6, 6.07) is 22.9. The van der Waals surface area contributed by atoms with E-state index in [9.17, 15) is 9.59 Å². The van der Waals surface area contributed by atoms with Crippen molar-refractivity contribution in [2.75, 3.05) is 13.2 Å². The van der Waals surface area contributed by atoms with Gasteiger partial charge in [0.1, 0.15) is 6.61 Å². The van der Waals surface area contributed by atoms with Gasteiger partial charge in [0, 0.05) is 47.8 Å². The highest BCUT2D eigenvalue weighted by Gasteiger charge is 2.43. The van der Waals surface area contributed by atoms with Gasteiger partial charge in [0.15, 0.2) is 23.1 Å². The van der Waals surface area contributed by atoms with E-state index < -0.39 is 0 Å². The van der Waals surface area contributed by atoms with Gasteiger partial charge >= 0.3 is 0 Å². The lowest BCUT2D eigenvalue weighted by molar-refractivity contribution is -0.117. The predicted octanol–water partition coefficient (Wildman–Crippen LogP) is 8.23. The summed E-state index contributed by atoms with van der Waals surface area (Å²) in [4.78, 5) is 29.9. The van der Waals surface area contributed by atoms with Crippen LogP contribution >= 0.6 is 22.6 Å². The van der Waals surface area contributed by atoms with Gasteiger partial charge in [-0.05, 0) is 97.4 Å². The molecule has 43 heavy (non-hydrogen) atoms. The van der Waals surface area contributed by atoms with Crippen molar-refractivity contribution in [3.63, 3.8) is 0 Å². The summed E-state index contributed by atoms with van der Waals surface area (Å²) in [5.41, 5.74) is 8.32. The van der Waals surface area contributed by atoms with Crippen molar-refractivity contribution in [3.05, 3.63) is 115 Å². The number of carbonyl (C=O) groups is 2. The molecular formula is C37H38INO4. The Labute approximate surface area is 268 Å². The first-order valence-corrected chi connectivity index (χ1v) is 16.5. The first-order valence-electron chi connectivity index (χ1n) is 15.4. The van der Waals surface area contributed by atoms with Gasteiger partial charge < -0.3 is 14.4 Å². The second-order valence-electron chi connectivity index (χ2n) is 11.6. The van der Waals surface area contributed by atoms with E-state index in [1.54, 1.807) is 0 Å². The summed E-state index contributed by atoms with van der Waals surface area (Å²) < 4.78 is 13.4. The number of nitrogens with zero attached hydrogens (tertiary/aromatic N) is 1. The van der Waals surface area contributed by atoms with Crippen LogP contribution in [0.15, 0.2) is 89.3 Å². The van der Waals surface area contributed by atoms with Crippen molar-refractivity contribution in [2.24, 2.45) is 0 Å². The molecule has 0 spiro atoms. The van der Waals surface area contributed by atoms with Crippen LogP contribution in [0.25, 0.3) is 0 Å². The lowest BCUT2D eigenvalue weighted by atomic mass is 9.71. The number of allylic oxidation sites excluding steroid dienone is 4. The molecule has 0 bridgehead atoms. The van der Waals surface area contributed by atoms with E-state index in [4.69, 9.17) is 9.47 Å². The standard InChI is InChI=1S/C37H38INO4/c1-3-42-33-22-27(21-28(38)37(33)43-23-26-17-15-24(2)16-18-26)34-35-29(11-7-13-31(35)40)39(20-19-25-9-5-4-6-10-25)30-12-8-14-32(41)36(30)34/h4-6,9-10,15-18,21-22,34H,3,7-8,11-14,19-20,23H2,1-2H3. The number of carbonyl (C=O) groups excluding carboxylic acids is 2. The third-order valence-corrected chi connectivity index (χ3v) is 9.52. The lowest BCUT2D eigenvalue weighted by Gasteiger charge is -2.44. The Balaban J connectivity index is 1.41. The fourth-order valence-electron chi connectivity index (χ4n) is 6.70. The Morgan fingerprint density at radius 3 is 2.09 bits per heavy atom. The molecule has 0 radical (unpaired) electrons. The highest BCUT2D eigenvalue weighted by molar-refractivity contribution is 14.1. The van der Waals surface area contributed by atoms with Crippen LogP contribution in [0.5, 0.6) is 11.5 Å². The number of hydrogen-bond acceptors (Lipinski definition) is 5. The molecule has 0 saturated carbocycles. The van der Waals surface area contributed by atoms with Crippen LogP contribution in [0.2, 0.25) is 0 Å². The minimum Gasteiger partial charge on any atom is -0.490 e. The first-order chi connectivity index (χ1) is 20.9. The minimum atomic E-state index is -0.377. The zero-order chi connectivity index (χ0) is 29.9. The van der Waals surface area contributed by atoms with Crippen molar-refractivity contribution < 1.29 is 19.1 Å². The topological polar surface area (TPSA) is 55.8 Å². The van der Waals surface area contributed by atoms with Gasteiger partial charge in [0.25, 0.3) is 0 Å². The molecule has 3 aliphatic rings. The van der Waals surface area contributed by atoms with Crippen LogP contribution in [0.4, 0.5) is 0 Å². The summed E-state index contributed by atoms with van der Waals surface area (Å²) >= 11 is 2.31. The number of aryl methyl sites for hydroxylation is 1. The van der Waals surface area contributed by atoms with Crippen LogP contribution in [-0.4, -0.2) is 29.6 Å². The SMILES string of the molecule is CCOc1cc(C2C3=C(CCCC3=O)N(CCc3ccccc3)C3=C2C(=O)CCC3)cc(I)c1OCc1ccc(C)cc1. The molecule has 6 heteroatoms. The molecular weight excluding hydrogens is 649 g/mol. The third kappa shape index (κ3) is 6.17. The Kier molecular flexibility index (Phi) is 9.03. The van der Waals surface area contributed by atoms with Crippen molar-refractivity contribution >= 4 is 34.2 Å². The van der Waals surface area contributed by atoms with E-state index in [1.165, 1.54) is 11.1 Å². The second-order valence-corrected chi connectivity index (χ2v) is 12.8. The fourth-order valence-corrected chi connectivity index (χ4v) is 7.48. The molecule has 6 rings (SSSR count). The first kappa shape index (κ1) is 29.7. The summed E-state index contributed by atoms with van der Waals surface area (Å²) in [5, 5.41) is 0. The average molecular weight is 688 g/mol. The van der Waals surface area contributed by atoms with Crippen molar-refractivity contribution in [1.29, 1.82) is 0 Å². The van der Waals surface area contributed by atoms with Gasteiger partial charge in [0.05, 0.1) is 10.2 Å². The molecule has 1 heterocycles. The molecule has 0 amide bonds. The summed E-state index contributed by atoms with van der Waals surface area (Å²) in [7, 11) is 0. The molecule has 3 aromatic carbocycles. The Hall–Kier alpha value is -3.39. The van der Waals surface area contributed by atoms with Crippen molar-refractivity contribution in [3.8, 4) is 11.5 Å². The molecule has 0 fully saturated rings. The maximum Gasteiger partial charge on any atom is 0.174 e. The molecule has 222 valence electrons. The second kappa shape index (κ2) is 13.1. The summed E-state index contributed by atoms with van der Waals surface area (Å²) in [5.74, 6) is 1.29. The number of ketones is 2. The monoisotopic (exact) mass is 687 g/mol. The normalized spacial score (nSPS) is 17.2. The molecule has 5 nitrogen and oxygen atoms in total. The number of hydrogen-bond donors (Lipinski definition) is 0. The number of benzene rings is 3. The van der Waals surface area contributed by atoms with Gasteiger partial charge in [-0.3, -0.25) is 9.59 Å². The van der Waals surface area contributed by atoms with Crippen LogP contribution in [0, 0.1) is 10.5 Å². The van der Waals surface area contributed by atoms with Crippen LogP contribution in [0.3, 0.4) is 0 Å². The smallest absolute Gasteiger partial charge is 0.174 e. The third-order valence-electron chi connectivity index (χ3n) is 8.72. The van der Waals surface area contributed by atoms with Gasteiger partial charge in [-0.2, -0.15) is 0 Å². The lowest BCUT2D eigenvalue weighted by Crippen LogP contribution is -2.40. The summed E-state index contributed by atoms with van der Waals surface area (Å²) in [6.07, 6.45) is 5.29.